The third-order valence-electron chi connectivity index (χ3n) is 2.86. The van der Waals surface area contributed by atoms with E-state index in [0.717, 1.165) is 39.3 Å². The Bertz CT molecular complexity index is 198. The molecule has 0 bridgehead atoms. The number of hydrogen-bond donors (Lipinski definition) is 1. The van der Waals surface area contributed by atoms with E-state index in [9.17, 15) is 4.79 Å². The predicted molar refractivity (Wildman–Crippen MR) is 61.8 cm³/mol. The second kappa shape index (κ2) is 6.08. The third kappa shape index (κ3) is 3.80. The van der Waals surface area contributed by atoms with Crippen LogP contribution in [0.15, 0.2) is 0 Å². The first-order chi connectivity index (χ1) is 7.15. The van der Waals surface area contributed by atoms with E-state index in [4.69, 9.17) is 0 Å². The van der Waals surface area contributed by atoms with Crippen LogP contribution in [0.2, 0.25) is 0 Å². The third-order valence-corrected chi connectivity index (χ3v) is 2.86. The van der Waals surface area contributed by atoms with E-state index in [1.165, 1.54) is 0 Å². The number of piperazine rings is 1. The Morgan fingerprint density at radius 1 is 1.27 bits per heavy atom. The molecule has 1 fully saturated rings. The molecule has 1 amide bonds. The summed E-state index contributed by atoms with van der Waals surface area (Å²) in [5.74, 6) is 0.428. The quantitative estimate of drug-likeness (QED) is 0.714. The van der Waals surface area contributed by atoms with Crippen molar-refractivity contribution in [3.8, 4) is 0 Å². The number of nitrogens with one attached hydrogen (secondary N) is 1. The van der Waals surface area contributed by atoms with Gasteiger partial charge in [-0.15, -0.1) is 0 Å². The first kappa shape index (κ1) is 12.5. The van der Waals surface area contributed by atoms with Crippen molar-refractivity contribution in [2.75, 3.05) is 46.3 Å². The van der Waals surface area contributed by atoms with Crippen LogP contribution in [-0.2, 0) is 4.79 Å². The van der Waals surface area contributed by atoms with Crippen molar-refractivity contribution in [3.05, 3.63) is 0 Å². The summed E-state index contributed by atoms with van der Waals surface area (Å²) in [6, 6.07) is 0. The predicted octanol–water partition coefficient (Wildman–Crippen LogP) is 0.00600. The molecular weight excluding hydrogens is 190 g/mol. The Hall–Kier alpha value is -0.610. The summed E-state index contributed by atoms with van der Waals surface area (Å²) in [5, 5.41) is 3.14. The van der Waals surface area contributed by atoms with Crippen molar-refractivity contribution in [2.45, 2.75) is 13.8 Å². The number of carbonyl (C=O) groups is 1. The maximum atomic E-state index is 11.7. The summed E-state index contributed by atoms with van der Waals surface area (Å²) < 4.78 is 0. The van der Waals surface area contributed by atoms with Crippen LogP contribution in [0.1, 0.15) is 13.8 Å². The van der Waals surface area contributed by atoms with E-state index >= 15 is 0 Å². The van der Waals surface area contributed by atoms with Gasteiger partial charge in [-0.3, -0.25) is 9.69 Å². The zero-order valence-corrected chi connectivity index (χ0v) is 10.1. The summed E-state index contributed by atoms with van der Waals surface area (Å²) >= 11 is 0. The largest absolute Gasteiger partial charge is 0.340 e. The molecule has 0 aromatic rings. The van der Waals surface area contributed by atoms with E-state index in [1.807, 2.05) is 25.8 Å². The molecule has 15 heavy (non-hydrogen) atoms. The molecule has 1 saturated heterocycles. The van der Waals surface area contributed by atoms with Gasteiger partial charge in [-0.1, -0.05) is 13.8 Å². The van der Waals surface area contributed by atoms with Crippen molar-refractivity contribution in [1.29, 1.82) is 0 Å². The Balaban J connectivity index is 2.26. The molecule has 0 unspecified atom stereocenters. The number of hydrogen-bond acceptors (Lipinski definition) is 3. The van der Waals surface area contributed by atoms with Crippen LogP contribution in [0, 0.1) is 5.92 Å². The number of nitrogens with zero attached hydrogens (tertiary/aromatic N) is 2. The standard InChI is InChI=1S/C11H23N3O/c1-10(2)11(15)14-8-6-13(7-9-14)5-4-12-3/h10,12H,4-9H2,1-3H3. The van der Waals surface area contributed by atoms with Gasteiger partial charge in [0, 0.05) is 45.2 Å². The van der Waals surface area contributed by atoms with Gasteiger partial charge in [0.25, 0.3) is 0 Å². The highest BCUT2D eigenvalue weighted by Crippen LogP contribution is 2.06. The molecule has 0 aromatic heterocycles. The van der Waals surface area contributed by atoms with Crippen LogP contribution in [-0.4, -0.2) is 62.0 Å². The highest BCUT2D eigenvalue weighted by Gasteiger charge is 2.22. The second-order valence-electron chi connectivity index (χ2n) is 4.43. The van der Waals surface area contributed by atoms with Crippen molar-refractivity contribution in [1.82, 2.24) is 15.1 Å². The van der Waals surface area contributed by atoms with Crippen LogP contribution in [0.4, 0.5) is 0 Å². The molecule has 1 rings (SSSR count). The molecule has 4 heteroatoms. The van der Waals surface area contributed by atoms with Crippen LogP contribution < -0.4 is 5.32 Å². The number of amides is 1. The van der Waals surface area contributed by atoms with E-state index in [-0.39, 0.29) is 5.92 Å². The number of carbonyl (C=O) groups excluding carboxylic acids is 1. The molecule has 88 valence electrons. The highest BCUT2D eigenvalue weighted by atomic mass is 16.2. The van der Waals surface area contributed by atoms with Gasteiger partial charge in [0.15, 0.2) is 0 Å². The van der Waals surface area contributed by atoms with E-state index < -0.39 is 0 Å². The lowest BCUT2D eigenvalue weighted by molar-refractivity contribution is -0.136. The van der Waals surface area contributed by atoms with E-state index in [1.54, 1.807) is 0 Å². The van der Waals surface area contributed by atoms with Crippen molar-refractivity contribution < 1.29 is 4.79 Å². The molecule has 4 nitrogen and oxygen atoms in total. The smallest absolute Gasteiger partial charge is 0.225 e. The fourth-order valence-corrected chi connectivity index (χ4v) is 1.83. The zero-order valence-electron chi connectivity index (χ0n) is 10.1. The monoisotopic (exact) mass is 213 g/mol. The van der Waals surface area contributed by atoms with Gasteiger partial charge in [-0.05, 0) is 7.05 Å². The molecule has 0 radical (unpaired) electrons. The molecule has 0 saturated carbocycles. The lowest BCUT2D eigenvalue weighted by Crippen LogP contribution is -2.50. The lowest BCUT2D eigenvalue weighted by atomic mass is 10.1. The highest BCUT2D eigenvalue weighted by molar-refractivity contribution is 5.78. The molecular formula is C11H23N3O. The Morgan fingerprint density at radius 2 is 1.87 bits per heavy atom. The Labute approximate surface area is 92.6 Å². The van der Waals surface area contributed by atoms with Gasteiger partial charge < -0.3 is 10.2 Å². The zero-order chi connectivity index (χ0) is 11.3. The average molecular weight is 213 g/mol. The number of rotatable bonds is 4. The van der Waals surface area contributed by atoms with Gasteiger partial charge >= 0.3 is 0 Å². The normalized spacial score (nSPS) is 18.5. The molecule has 0 aliphatic carbocycles. The molecule has 1 aliphatic heterocycles. The molecule has 0 aromatic carbocycles. The van der Waals surface area contributed by atoms with Crippen LogP contribution >= 0.6 is 0 Å². The van der Waals surface area contributed by atoms with Crippen molar-refractivity contribution in [3.63, 3.8) is 0 Å². The van der Waals surface area contributed by atoms with Crippen molar-refractivity contribution >= 4 is 5.91 Å². The Morgan fingerprint density at radius 3 is 2.33 bits per heavy atom. The lowest BCUT2D eigenvalue weighted by Gasteiger charge is -2.35. The minimum absolute atomic E-state index is 0.133. The first-order valence-corrected chi connectivity index (χ1v) is 5.81. The summed E-state index contributed by atoms with van der Waals surface area (Å²) in [6.07, 6.45) is 0. The van der Waals surface area contributed by atoms with Crippen LogP contribution in [0.5, 0.6) is 0 Å². The average Bonchev–Trinajstić information content (AvgIpc) is 2.26. The SMILES string of the molecule is CNCCN1CCN(C(=O)C(C)C)CC1. The maximum absolute atomic E-state index is 11.7. The topological polar surface area (TPSA) is 35.6 Å². The van der Waals surface area contributed by atoms with Crippen LogP contribution in [0.25, 0.3) is 0 Å². The van der Waals surface area contributed by atoms with Crippen molar-refractivity contribution in [2.24, 2.45) is 5.92 Å². The summed E-state index contributed by atoms with van der Waals surface area (Å²) in [4.78, 5) is 16.1. The second-order valence-corrected chi connectivity index (χ2v) is 4.43. The summed E-state index contributed by atoms with van der Waals surface area (Å²) in [7, 11) is 1.97. The number of likely N-dealkylation sites (N-methyl/N-ethyl adjacent to an activating group) is 1. The van der Waals surface area contributed by atoms with Crippen LogP contribution in [0.3, 0.4) is 0 Å². The van der Waals surface area contributed by atoms with Gasteiger partial charge in [-0.25, -0.2) is 0 Å². The minimum atomic E-state index is 0.133. The molecule has 0 atom stereocenters. The molecule has 1 N–H and O–H groups in total. The fourth-order valence-electron chi connectivity index (χ4n) is 1.83. The molecule has 1 heterocycles. The first-order valence-electron chi connectivity index (χ1n) is 5.81. The fraction of sp³-hybridized carbons (Fsp3) is 0.909. The van der Waals surface area contributed by atoms with Gasteiger partial charge in [-0.2, -0.15) is 0 Å². The van der Waals surface area contributed by atoms with Gasteiger partial charge in [0.05, 0.1) is 0 Å². The van der Waals surface area contributed by atoms with E-state index in [0.29, 0.717) is 5.91 Å². The van der Waals surface area contributed by atoms with Gasteiger partial charge in [0.1, 0.15) is 0 Å². The molecule has 0 spiro atoms. The molecule has 1 aliphatic rings. The van der Waals surface area contributed by atoms with Gasteiger partial charge in [0.2, 0.25) is 5.91 Å². The maximum Gasteiger partial charge on any atom is 0.225 e. The summed E-state index contributed by atoms with van der Waals surface area (Å²) in [5.41, 5.74) is 0. The summed E-state index contributed by atoms with van der Waals surface area (Å²) in [6.45, 7) is 9.85. The Kier molecular flexibility index (Phi) is 5.05. The minimum Gasteiger partial charge on any atom is -0.340 e. The van der Waals surface area contributed by atoms with E-state index in [2.05, 4.69) is 10.2 Å².